The van der Waals surface area contributed by atoms with Crippen LogP contribution in [0.5, 0.6) is 5.75 Å². The van der Waals surface area contributed by atoms with Crippen molar-refractivity contribution in [3.8, 4) is 5.75 Å². The number of hydrogen-bond acceptors (Lipinski definition) is 4. The number of carbonyl (C=O) groups is 3. The molecule has 1 aromatic rings. The highest BCUT2D eigenvalue weighted by molar-refractivity contribution is 5.94. The van der Waals surface area contributed by atoms with Crippen molar-refractivity contribution in [3.63, 3.8) is 0 Å². The molecule has 32 heavy (non-hydrogen) atoms. The highest BCUT2D eigenvalue weighted by Gasteiger charge is 2.30. The van der Waals surface area contributed by atoms with Crippen LogP contribution < -0.4 is 10.1 Å². The molecule has 3 heterocycles. The van der Waals surface area contributed by atoms with Crippen LogP contribution in [0.25, 0.3) is 0 Å². The largest absolute Gasteiger partial charge is 0.494 e. The van der Waals surface area contributed by atoms with Crippen molar-refractivity contribution in [1.29, 1.82) is 0 Å². The minimum Gasteiger partial charge on any atom is -0.494 e. The van der Waals surface area contributed by atoms with Crippen molar-refractivity contribution in [2.45, 2.75) is 64.2 Å². The van der Waals surface area contributed by atoms with Crippen LogP contribution in [-0.2, 0) is 20.8 Å². The molecule has 3 aliphatic heterocycles. The molecule has 7 heteroatoms. The smallest absolute Gasteiger partial charge is 0.225 e. The van der Waals surface area contributed by atoms with Gasteiger partial charge in [0.15, 0.2) is 0 Å². The average molecular weight is 442 g/mol. The molecule has 0 bridgehead atoms. The average Bonchev–Trinajstić information content (AvgIpc) is 3.11. The molecule has 0 spiro atoms. The van der Waals surface area contributed by atoms with Crippen molar-refractivity contribution >= 4 is 23.4 Å². The molecule has 0 aromatic heterocycles. The van der Waals surface area contributed by atoms with Gasteiger partial charge >= 0.3 is 0 Å². The van der Waals surface area contributed by atoms with Crippen LogP contribution >= 0.6 is 0 Å². The van der Waals surface area contributed by atoms with Gasteiger partial charge in [-0.1, -0.05) is 12.8 Å². The Morgan fingerprint density at radius 3 is 2.47 bits per heavy atom. The number of rotatable bonds is 6. The molecular formula is C25H35N3O4. The third-order valence-corrected chi connectivity index (χ3v) is 6.89. The number of anilines is 1. The number of likely N-dealkylation sites (tertiary alicyclic amines) is 2. The van der Waals surface area contributed by atoms with Gasteiger partial charge in [-0.2, -0.15) is 0 Å². The van der Waals surface area contributed by atoms with Crippen molar-refractivity contribution in [2.24, 2.45) is 5.92 Å². The summed E-state index contributed by atoms with van der Waals surface area (Å²) >= 11 is 0. The number of benzene rings is 1. The second-order valence-corrected chi connectivity index (χ2v) is 9.21. The summed E-state index contributed by atoms with van der Waals surface area (Å²) in [5, 5.41) is 2.87. The first kappa shape index (κ1) is 22.6. The molecule has 0 atom stereocenters. The van der Waals surface area contributed by atoms with Gasteiger partial charge in [-0.05, 0) is 62.3 Å². The van der Waals surface area contributed by atoms with E-state index in [0.717, 1.165) is 62.2 Å². The highest BCUT2D eigenvalue weighted by Crippen LogP contribution is 2.27. The zero-order valence-corrected chi connectivity index (χ0v) is 18.9. The van der Waals surface area contributed by atoms with E-state index in [1.807, 2.05) is 23.1 Å². The Bertz CT molecular complexity index is 824. The lowest BCUT2D eigenvalue weighted by Gasteiger charge is -2.34. The number of nitrogens with zero attached hydrogens (tertiary/aromatic N) is 2. The number of fused-ring (bicyclic) bond motifs is 1. The Morgan fingerprint density at radius 1 is 0.969 bits per heavy atom. The molecule has 2 fully saturated rings. The summed E-state index contributed by atoms with van der Waals surface area (Å²) < 4.78 is 5.83. The third-order valence-electron chi connectivity index (χ3n) is 6.89. The van der Waals surface area contributed by atoms with Gasteiger partial charge in [-0.25, -0.2) is 0 Å². The fraction of sp³-hybridized carbons (Fsp3) is 0.640. The second kappa shape index (κ2) is 10.8. The maximum Gasteiger partial charge on any atom is 0.225 e. The predicted molar refractivity (Wildman–Crippen MR) is 122 cm³/mol. The van der Waals surface area contributed by atoms with Gasteiger partial charge in [0.2, 0.25) is 17.7 Å². The van der Waals surface area contributed by atoms with Crippen molar-refractivity contribution < 1.29 is 19.1 Å². The normalized spacial score (nSPS) is 19.7. The Labute approximate surface area is 190 Å². The van der Waals surface area contributed by atoms with Crippen molar-refractivity contribution in [2.75, 3.05) is 38.1 Å². The summed E-state index contributed by atoms with van der Waals surface area (Å²) in [5.41, 5.74) is 1.96. The van der Waals surface area contributed by atoms with E-state index in [9.17, 15) is 14.4 Å². The van der Waals surface area contributed by atoms with E-state index < -0.39 is 0 Å². The summed E-state index contributed by atoms with van der Waals surface area (Å²) in [7, 11) is 0. The second-order valence-electron chi connectivity index (χ2n) is 9.21. The van der Waals surface area contributed by atoms with E-state index in [0.29, 0.717) is 44.9 Å². The zero-order valence-electron chi connectivity index (χ0n) is 18.9. The van der Waals surface area contributed by atoms with Gasteiger partial charge in [0.1, 0.15) is 5.75 Å². The molecule has 0 unspecified atom stereocenters. The summed E-state index contributed by atoms with van der Waals surface area (Å²) in [5.74, 6) is 1.37. The number of piperidine rings is 1. The van der Waals surface area contributed by atoms with E-state index in [1.54, 1.807) is 0 Å². The molecule has 1 N–H and O–H groups in total. The minimum atomic E-state index is 0.0556. The van der Waals surface area contributed by atoms with Crippen LogP contribution in [0, 0.1) is 5.92 Å². The fourth-order valence-electron chi connectivity index (χ4n) is 4.95. The zero-order chi connectivity index (χ0) is 22.3. The molecule has 7 nitrogen and oxygen atoms in total. The first-order chi connectivity index (χ1) is 15.6. The molecule has 4 rings (SSSR count). The molecule has 0 saturated carbocycles. The van der Waals surface area contributed by atoms with Gasteiger partial charge in [0.05, 0.1) is 6.61 Å². The molecule has 3 aliphatic rings. The summed E-state index contributed by atoms with van der Waals surface area (Å²) in [6, 6.07) is 5.71. The monoisotopic (exact) mass is 441 g/mol. The quantitative estimate of drug-likeness (QED) is 0.687. The Balaban J connectivity index is 1.15. The molecule has 0 aliphatic carbocycles. The van der Waals surface area contributed by atoms with Crippen LogP contribution in [0.2, 0.25) is 0 Å². The van der Waals surface area contributed by atoms with Gasteiger partial charge in [-0.3, -0.25) is 14.4 Å². The number of nitrogens with one attached hydrogen (secondary N) is 1. The number of amides is 3. The van der Waals surface area contributed by atoms with Crippen LogP contribution in [-0.4, -0.2) is 60.3 Å². The lowest BCUT2D eigenvalue weighted by Crippen LogP contribution is -2.44. The first-order valence-corrected chi connectivity index (χ1v) is 12.2. The Morgan fingerprint density at radius 2 is 1.72 bits per heavy atom. The molecule has 2 saturated heterocycles. The number of aryl methyl sites for hydroxylation is 1. The van der Waals surface area contributed by atoms with Gasteiger partial charge < -0.3 is 19.9 Å². The SMILES string of the molecule is O=C1CCc2cc(OCCCC(=O)N3CCC(C(=O)N4CCCCCC4)CC3)ccc2N1. The van der Waals surface area contributed by atoms with Crippen molar-refractivity contribution in [1.82, 2.24) is 9.80 Å². The predicted octanol–water partition coefficient (Wildman–Crippen LogP) is 3.37. The maximum absolute atomic E-state index is 12.8. The van der Waals surface area contributed by atoms with E-state index in [4.69, 9.17) is 4.74 Å². The summed E-state index contributed by atoms with van der Waals surface area (Å²) in [6.45, 7) is 3.65. The Kier molecular flexibility index (Phi) is 7.66. The molecule has 0 radical (unpaired) electrons. The fourth-order valence-corrected chi connectivity index (χ4v) is 4.95. The van der Waals surface area contributed by atoms with Gasteiger partial charge in [0.25, 0.3) is 0 Å². The van der Waals surface area contributed by atoms with E-state index in [2.05, 4.69) is 10.2 Å². The van der Waals surface area contributed by atoms with Gasteiger partial charge in [-0.15, -0.1) is 0 Å². The van der Waals surface area contributed by atoms with Crippen LogP contribution in [0.4, 0.5) is 5.69 Å². The maximum atomic E-state index is 12.8. The summed E-state index contributed by atoms with van der Waals surface area (Å²) in [6.07, 6.45) is 8.62. The minimum absolute atomic E-state index is 0.0556. The van der Waals surface area contributed by atoms with E-state index in [1.165, 1.54) is 12.8 Å². The Hall–Kier alpha value is -2.57. The molecule has 174 valence electrons. The lowest BCUT2D eigenvalue weighted by atomic mass is 9.95. The van der Waals surface area contributed by atoms with Crippen molar-refractivity contribution in [3.05, 3.63) is 23.8 Å². The standard InChI is InChI=1S/C25H35N3O4/c29-23-10-7-20-18-21(8-9-22(20)26-23)32-17-5-6-24(30)27-15-11-19(12-16-27)25(31)28-13-3-1-2-4-14-28/h8-9,18-19H,1-7,10-17H2,(H,26,29). The number of ether oxygens (including phenoxy) is 1. The summed E-state index contributed by atoms with van der Waals surface area (Å²) in [4.78, 5) is 40.8. The first-order valence-electron chi connectivity index (χ1n) is 12.2. The van der Waals surface area contributed by atoms with E-state index >= 15 is 0 Å². The molecule has 1 aromatic carbocycles. The number of carbonyl (C=O) groups excluding carboxylic acids is 3. The van der Waals surface area contributed by atoms with E-state index in [-0.39, 0.29) is 17.7 Å². The third kappa shape index (κ3) is 5.81. The van der Waals surface area contributed by atoms with Gasteiger partial charge in [0, 0.05) is 50.6 Å². The molecular weight excluding hydrogens is 406 g/mol. The van der Waals surface area contributed by atoms with Crippen LogP contribution in [0.15, 0.2) is 18.2 Å². The lowest BCUT2D eigenvalue weighted by molar-refractivity contribution is -0.140. The number of hydrogen-bond donors (Lipinski definition) is 1. The highest BCUT2D eigenvalue weighted by atomic mass is 16.5. The molecule has 3 amide bonds. The van der Waals surface area contributed by atoms with Crippen LogP contribution in [0.1, 0.15) is 63.4 Å². The van der Waals surface area contributed by atoms with Crippen LogP contribution in [0.3, 0.4) is 0 Å². The topological polar surface area (TPSA) is 79.0 Å².